The van der Waals surface area contributed by atoms with Gasteiger partial charge in [0.15, 0.2) is 5.75 Å². The second-order valence-electron chi connectivity index (χ2n) is 7.13. The van der Waals surface area contributed by atoms with Crippen molar-refractivity contribution in [2.45, 2.75) is 50.6 Å². The van der Waals surface area contributed by atoms with Gasteiger partial charge in [-0.3, -0.25) is 9.78 Å². The van der Waals surface area contributed by atoms with E-state index in [-0.39, 0.29) is 0 Å². The quantitative estimate of drug-likeness (QED) is 0.140. The highest BCUT2D eigenvalue weighted by molar-refractivity contribution is 7.99. The van der Waals surface area contributed by atoms with Crippen molar-refractivity contribution in [1.82, 2.24) is 0 Å². The number of carbonyl (C=O) groups excluding carboxylic acids is 1. The minimum absolute atomic E-state index is 0.316. The van der Waals surface area contributed by atoms with E-state index in [1.165, 1.54) is 17.4 Å². The molecule has 0 fully saturated rings. The van der Waals surface area contributed by atoms with Crippen LogP contribution in [0, 0.1) is 6.92 Å². The van der Waals surface area contributed by atoms with E-state index in [9.17, 15) is 18.0 Å². The van der Waals surface area contributed by atoms with Gasteiger partial charge in [0.1, 0.15) is 0 Å². The number of hydrogen-bond donors (Lipinski definition) is 0. The first-order valence-corrected chi connectivity index (χ1v) is 11.8. The lowest BCUT2D eigenvalue weighted by molar-refractivity contribution is -0.214. The van der Waals surface area contributed by atoms with Crippen LogP contribution >= 0.6 is 23.1 Å². The van der Waals surface area contributed by atoms with Crippen LogP contribution < -0.4 is 4.89 Å². The monoisotopic (exact) mass is 468 g/mol. The maximum Gasteiger partial charge on any atom is 0.416 e. The lowest BCUT2D eigenvalue weighted by Crippen LogP contribution is -2.07. The number of hydrogen-bond acceptors (Lipinski definition) is 5. The van der Waals surface area contributed by atoms with Gasteiger partial charge >= 0.3 is 12.1 Å². The summed E-state index contributed by atoms with van der Waals surface area (Å²) in [4.78, 5) is 23.5. The Labute approximate surface area is 187 Å². The van der Waals surface area contributed by atoms with Crippen LogP contribution in [-0.2, 0) is 22.3 Å². The molecule has 1 heterocycles. The number of thiophene rings is 1. The van der Waals surface area contributed by atoms with E-state index in [0.717, 1.165) is 45.4 Å². The van der Waals surface area contributed by atoms with Gasteiger partial charge in [0.05, 0.1) is 5.56 Å². The number of alkyl halides is 3. The molecule has 0 bridgehead atoms. The molecular formula is C23H23F3O3S2. The van der Waals surface area contributed by atoms with Crippen LogP contribution in [0.2, 0.25) is 0 Å². The zero-order valence-electron chi connectivity index (χ0n) is 17.3. The van der Waals surface area contributed by atoms with Crippen molar-refractivity contribution in [1.29, 1.82) is 0 Å². The second-order valence-corrected chi connectivity index (χ2v) is 9.47. The molecule has 0 aliphatic carbocycles. The molecule has 31 heavy (non-hydrogen) atoms. The fraction of sp³-hybridized carbons (Fsp3) is 0.348. The first-order valence-electron chi connectivity index (χ1n) is 9.96. The lowest BCUT2D eigenvalue weighted by Gasteiger charge is -2.08. The Balaban J connectivity index is 1.49. The SMILES string of the molecule is CCCC(=O)OOc1ccc(SCCCc2cc3ccc(C(F)(F)F)cc3s2)cc1C. The number of halogens is 3. The van der Waals surface area contributed by atoms with Gasteiger partial charge < -0.3 is 0 Å². The topological polar surface area (TPSA) is 35.5 Å². The first kappa shape index (κ1) is 23.5. The standard InChI is InChI=1S/C23H23F3O3S2/c1-3-5-22(27)29-28-20-10-9-18(12-15(20)2)30-11-4-6-19-13-16-7-8-17(23(24,25)26)14-21(16)31-19/h7-10,12-14H,3-6,11H2,1-2H3. The highest BCUT2D eigenvalue weighted by atomic mass is 32.2. The fourth-order valence-electron chi connectivity index (χ4n) is 2.96. The maximum atomic E-state index is 12.9. The minimum atomic E-state index is -4.31. The lowest BCUT2D eigenvalue weighted by atomic mass is 10.1. The summed E-state index contributed by atoms with van der Waals surface area (Å²) in [6.45, 7) is 3.78. The summed E-state index contributed by atoms with van der Waals surface area (Å²) < 4.78 is 39.3. The molecule has 0 amide bonds. The predicted molar refractivity (Wildman–Crippen MR) is 119 cm³/mol. The number of carbonyl (C=O) groups is 1. The van der Waals surface area contributed by atoms with E-state index in [2.05, 4.69) is 0 Å². The van der Waals surface area contributed by atoms with Gasteiger partial charge in [-0.25, -0.2) is 4.79 Å². The van der Waals surface area contributed by atoms with Crippen molar-refractivity contribution in [3.05, 3.63) is 58.5 Å². The first-order chi connectivity index (χ1) is 14.8. The molecule has 3 nitrogen and oxygen atoms in total. The third-order valence-electron chi connectivity index (χ3n) is 4.56. The van der Waals surface area contributed by atoms with Crippen LogP contribution in [0.25, 0.3) is 10.1 Å². The van der Waals surface area contributed by atoms with Crippen LogP contribution in [0.4, 0.5) is 13.2 Å². The summed E-state index contributed by atoms with van der Waals surface area (Å²) in [6.07, 6.45) is -1.56. The normalized spacial score (nSPS) is 11.6. The number of rotatable bonds is 9. The molecule has 1 aromatic heterocycles. The summed E-state index contributed by atoms with van der Waals surface area (Å²) in [6, 6.07) is 11.5. The molecule has 2 aromatic carbocycles. The summed E-state index contributed by atoms with van der Waals surface area (Å²) in [5.41, 5.74) is 0.270. The van der Waals surface area contributed by atoms with Crippen molar-refractivity contribution in [2.75, 3.05) is 5.75 Å². The molecular weight excluding hydrogens is 445 g/mol. The van der Waals surface area contributed by atoms with Gasteiger partial charge in [-0.15, -0.1) is 23.1 Å². The van der Waals surface area contributed by atoms with Crippen LogP contribution in [0.5, 0.6) is 5.75 Å². The molecule has 0 unspecified atom stereocenters. The Kier molecular flexibility index (Phi) is 7.89. The molecule has 0 radical (unpaired) electrons. The molecule has 0 N–H and O–H groups in total. The van der Waals surface area contributed by atoms with Crippen molar-refractivity contribution >= 4 is 39.2 Å². The minimum Gasteiger partial charge on any atom is -0.287 e. The van der Waals surface area contributed by atoms with Crippen molar-refractivity contribution in [2.24, 2.45) is 0 Å². The van der Waals surface area contributed by atoms with E-state index in [1.54, 1.807) is 23.9 Å². The Bertz CT molecular complexity index is 1040. The summed E-state index contributed by atoms with van der Waals surface area (Å²) >= 11 is 3.12. The van der Waals surface area contributed by atoms with E-state index < -0.39 is 17.7 Å². The van der Waals surface area contributed by atoms with Gasteiger partial charge in [-0.05, 0) is 79.3 Å². The van der Waals surface area contributed by atoms with Gasteiger partial charge in [-0.1, -0.05) is 13.0 Å². The van der Waals surface area contributed by atoms with Crippen molar-refractivity contribution < 1.29 is 27.7 Å². The van der Waals surface area contributed by atoms with Gasteiger partial charge in [0.2, 0.25) is 0 Å². The van der Waals surface area contributed by atoms with Gasteiger partial charge in [-0.2, -0.15) is 13.2 Å². The zero-order chi connectivity index (χ0) is 22.4. The Morgan fingerprint density at radius 1 is 1.13 bits per heavy atom. The molecule has 0 saturated heterocycles. The predicted octanol–water partition coefficient (Wildman–Crippen LogP) is 7.59. The molecule has 3 aromatic rings. The number of fused-ring (bicyclic) bond motifs is 1. The van der Waals surface area contributed by atoms with Crippen LogP contribution in [0.1, 0.15) is 42.2 Å². The Hall–Kier alpha value is -2.19. The van der Waals surface area contributed by atoms with E-state index in [4.69, 9.17) is 9.78 Å². The highest BCUT2D eigenvalue weighted by Gasteiger charge is 2.30. The number of thioether (sulfide) groups is 1. The van der Waals surface area contributed by atoms with Crippen LogP contribution in [-0.4, -0.2) is 11.7 Å². The number of aryl methyl sites for hydroxylation is 2. The van der Waals surface area contributed by atoms with Gasteiger partial charge in [0, 0.05) is 20.9 Å². The van der Waals surface area contributed by atoms with Crippen molar-refractivity contribution in [3.8, 4) is 5.75 Å². The molecule has 0 saturated carbocycles. The third kappa shape index (κ3) is 6.64. The maximum absolute atomic E-state index is 12.9. The zero-order valence-corrected chi connectivity index (χ0v) is 18.9. The Morgan fingerprint density at radius 2 is 1.94 bits per heavy atom. The third-order valence-corrected chi connectivity index (χ3v) is 6.80. The van der Waals surface area contributed by atoms with E-state index in [0.29, 0.717) is 23.3 Å². The molecule has 8 heteroatoms. The molecule has 166 valence electrons. The van der Waals surface area contributed by atoms with E-state index >= 15 is 0 Å². The fourth-order valence-corrected chi connectivity index (χ4v) is 5.06. The van der Waals surface area contributed by atoms with Crippen LogP contribution in [0.15, 0.2) is 47.4 Å². The molecule has 0 spiro atoms. The average Bonchev–Trinajstić information content (AvgIpc) is 3.12. The molecule has 0 aliphatic rings. The highest BCUT2D eigenvalue weighted by Crippen LogP contribution is 2.35. The summed E-state index contributed by atoms with van der Waals surface area (Å²) in [7, 11) is 0. The van der Waals surface area contributed by atoms with Crippen LogP contribution in [0.3, 0.4) is 0 Å². The van der Waals surface area contributed by atoms with E-state index in [1.807, 2.05) is 32.0 Å². The molecule has 0 aliphatic heterocycles. The van der Waals surface area contributed by atoms with Crippen molar-refractivity contribution in [3.63, 3.8) is 0 Å². The summed E-state index contributed by atoms with van der Waals surface area (Å²) in [5.74, 6) is 1.00. The Morgan fingerprint density at radius 3 is 2.65 bits per heavy atom. The average molecular weight is 469 g/mol. The molecule has 3 rings (SSSR count). The molecule has 0 atom stereocenters. The summed E-state index contributed by atoms with van der Waals surface area (Å²) in [5, 5.41) is 0.853. The largest absolute Gasteiger partial charge is 0.416 e. The number of benzene rings is 2. The van der Waals surface area contributed by atoms with Gasteiger partial charge in [0.25, 0.3) is 0 Å². The second kappa shape index (κ2) is 10.4. The smallest absolute Gasteiger partial charge is 0.287 e.